The zero-order valence-electron chi connectivity index (χ0n) is 9.53. The molecule has 1 aromatic heterocycles. The Balaban J connectivity index is 2.18. The van der Waals surface area contributed by atoms with Gasteiger partial charge in [-0.2, -0.15) is 0 Å². The third kappa shape index (κ3) is 5.09. The van der Waals surface area contributed by atoms with Crippen molar-refractivity contribution in [3.63, 3.8) is 0 Å². The maximum absolute atomic E-state index is 11.4. The quantitative estimate of drug-likeness (QED) is 0.711. The van der Waals surface area contributed by atoms with E-state index in [1.54, 1.807) is 11.3 Å². The predicted molar refractivity (Wildman–Crippen MR) is 65.4 cm³/mol. The molecule has 2 nitrogen and oxygen atoms in total. The van der Waals surface area contributed by atoms with Gasteiger partial charge in [0, 0.05) is 17.8 Å². The number of carbonyl (C=O) groups excluding carboxylic acids is 1. The van der Waals surface area contributed by atoms with Crippen LogP contribution in [0.5, 0.6) is 0 Å². The molecule has 1 rings (SSSR count). The van der Waals surface area contributed by atoms with E-state index in [0.717, 1.165) is 19.4 Å². The van der Waals surface area contributed by atoms with Crippen molar-refractivity contribution in [3.05, 3.63) is 22.4 Å². The van der Waals surface area contributed by atoms with Crippen LogP contribution >= 0.6 is 11.3 Å². The van der Waals surface area contributed by atoms with Gasteiger partial charge in [-0.05, 0) is 31.3 Å². The molecule has 0 aliphatic rings. The van der Waals surface area contributed by atoms with Gasteiger partial charge < -0.3 is 0 Å². The maximum Gasteiger partial charge on any atom is 0.146 e. The van der Waals surface area contributed by atoms with E-state index in [-0.39, 0.29) is 0 Å². The summed E-state index contributed by atoms with van der Waals surface area (Å²) >= 11 is 1.78. The van der Waals surface area contributed by atoms with Crippen molar-refractivity contribution in [1.29, 1.82) is 0 Å². The first-order valence-electron chi connectivity index (χ1n) is 5.45. The van der Waals surface area contributed by atoms with Gasteiger partial charge in [-0.1, -0.05) is 13.0 Å². The van der Waals surface area contributed by atoms with Gasteiger partial charge in [0.05, 0.1) is 6.54 Å². The average Bonchev–Trinajstić information content (AvgIpc) is 2.67. The van der Waals surface area contributed by atoms with E-state index in [1.165, 1.54) is 4.88 Å². The number of hydrogen-bond donors (Lipinski definition) is 0. The summed E-state index contributed by atoms with van der Waals surface area (Å²) in [6.45, 7) is 3.61. The highest BCUT2D eigenvalue weighted by atomic mass is 32.1. The number of hydrogen-bond acceptors (Lipinski definition) is 3. The fraction of sp³-hybridized carbons (Fsp3) is 0.583. The number of thiophene rings is 1. The number of Topliss-reactive ketones (excluding diaryl/α,β-unsaturated/α-hetero) is 1. The Bertz CT molecular complexity index is 282. The van der Waals surface area contributed by atoms with Gasteiger partial charge in [0.25, 0.3) is 0 Å². The summed E-state index contributed by atoms with van der Waals surface area (Å²) in [4.78, 5) is 14.9. The van der Waals surface area contributed by atoms with Crippen molar-refractivity contribution in [2.45, 2.75) is 26.2 Å². The van der Waals surface area contributed by atoms with Gasteiger partial charge in [0.1, 0.15) is 5.78 Å². The second-order valence-electron chi connectivity index (χ2n) is 3.86. The van der Waals surface area contributed by atoms with Gasteiger partial charge >= 0.3 is 0 Å². The molecule has 0 saturated heterocycles. The molecule has 3 heteroatoms. The van der Waals surface area contributed by atoms with E-state index < -0.39 is 0 Å². The van der Waals surface area contributed by atoms with Crippen LogP contribution < -0.4 is 0 Å². The van der Waals surface area contributed by atoms with Gasteiger partial charge in [-0.15, -0.1) is 11.3 Å². The van der Waals surface area contributed by atoms with E-state index >= 15 is 0 Å². The molecule has 0 aliphatic heterocycles. The molecule has 1 heterocycles. The summed E-state index contributed by atoms with van der Waals surface area (Å²) in [5.74, 6) is 0.353. The molecule has 0 atom stereocenters. The van der Waals surface area contributed by atoms with Crippen molar-refractivity contribution < 1.29 is 4.79 Å². The molecule has 1 aromatic rings. The van der Waals surface area contributed by atoms with Crippen LogP contribution in [0.25, 0.3) is 0 Å². The first-order chi connectivity index (χ1) is 7.22. The summed E-state index contributed by atoms with van der Waals surface area (Å²) in [6, 6.07) is 4.22. The third-order valence-electron chi connectivity index (χ3n) is 2.30. The lowest BCUT2D eigenvalue weighted by molar-refractivity contribution is -0.119. The number of nitrogens with zero attached hydrogens (tertiary/aromatic N) is 1. The molecule has 0 aromatic carbocycles. The molecule has 0 aliphatic carbocycles. The lowest BCUT2D eigenvalue weighted by Crippen LogP contribution is -2.27. The molecule has 0 saturated carbocycles. The number of ketones is 1. The summed E-state index contributed by atoms with van der Waals surface area (Å²) in [7, 11) is 2.02. The zero-order chi connectivity index (χ0) is 11.1. The summed E-state index contributed by atoms with van der Waals surface area (Å²) in [5.41, 5.74) is 0. The van der Waals surface area contributed by atoms with E-state index in [0.29, 0.717) is 18.7 Å². The molecule has 0 radical (unpaired) electrons. The highest BCUT2D eigenvalue weighted by molar-refractivity contribution is 7.09. The van der Waals surface area contributed by atoms with Gasteiger partial charge in [-0.25, -0.2) is 0 Å². The number of rotatable bonds is 7. The lowest BCUT2D eigenvalue weighted by Gasteiger charge is -2.14. The van der Waals surface area contributed by atoms with Crippen LogP contribution in [0.3, 0.4) is 0 Å². The van der Waals surface area contributed by atoms with Crippen molar-refractivity contribution in [3.8, 4) is 0 Å². The molecule has 0 fully saturated rings. The van der Waals surface area contributed by atoms with Crippen LogP contribution in [-0.4, -0.2) is 30.8 Å². The summed E-state index contributed by atoms with van der Waals surface area (Å²) in [6.07, 6.45) is 2.72. The van der Waals surface area contributed by atoms with Gasteiger partial charge in [-0.3, -0.25) is 9.69 Å². The van der Waals surface area contributed by atoms with Crippen molar-refractivity contribution in [2.75, 3.05) is 20.1 Å². The smallest absolute Gasteiger partial charge is 0.146 e. The minimum Gasteiger partial charge on any atom is -0.299 e. The standard InChI is InChI=1S/C12H19NOS/c1-3-5-11(14)10-13(2)8-7-12-6-4-9-15-12/h4,6,9H,3,5,7-8,10H2,1-2H3. The van der Waals surface area contributed by atoms with Crippen LogP contribution in [0.15, 0.2) is 17.5 Å². The molecule has 0 N–H and O–H groups in total. The first kappa shape index (κ1) is 12.4. The van der Waals surface area contributed by atoms with Gasteiger partial charge in [0.2, 0.25) is 0 Å². The second-order valence-corrected chi connectivity index (χ2v) is 4.89. The monoisotopic (exact) mass is 225 g/mol. The van der Waals surface area contributed by atoms with E-state index in [9.17, 15) is 4.79 Å². The fourth-order valence-electron chi connectivity index (χ4n) is 1.49. The SMILES string of the molecule is CCCC(=O)CN(C)CCc1cccs1. The van der Waals surface area contributed by atoms with Crippen molar-refractivity contribution in [2.24, 2.45) is 0 Å². The Morgan fingerprint density at radius 3 is 2.93 bits per heavy atom. The van der Waals surface area contributed by atoms with E-state index in [4.69, 9.17) is 0 Å². The molecule has 0 spiro atoms. The van der Waals surface area contributed by atoms with Crippen molar-refractivity contribution >= 4 is 17.1 Å². The average molecular weight is 225 g/mol. The Kier molecular flexibility index (Phi) is 5.58. The second kappa shape index (κ2) is 6.75. The topological polar surface area (TPSA) is 20.3 Å². The zero-order valence-corrected chi connectivity index (χ0v) is 10.3. The molecule has 15 heavy (non-hydrogen) atoms. The highest BCUT2D eigenvalue weighted by Gasteiger charge is 2.05. The molecule has 0 bridgehead atoms. The van der Waals surface area contributed by atoms with E-state index in [1.807, 2.05) is 14.0 Å². The van der Waals surface area contributed by atoms with E-state index in [2.05, 4.69) is 22.4 Å². The summed E-state index contributed by atoms with van der Waals surface area (Å²) < 4.78 is 0. The van der Waals surface area contributed by atoms with Crippen LogP contribution in [0.1, 0.15) is 24.6 Å². The van der Waals surface area contributed by atoms with Gasteiger partial charge in [0.15, 0.2) is 0 Å². The minimum absolute atomic E-state index is 0.353. The Labute approximate surface area is 95.9 Å². The molecular weight excluding hydrogens is 206 g/mol. The molecule has 84 valence electrons. The number of likely N-dealkylation sites (N-methyl/N-ethyl adjacent to an activating group) is 1. The fourth-order valence-corrected chi connectivity index (χ4v) is 2.19. The predicted octanol–water partition coefficient (Wildman–Crippen LogP) is 2.59. The molecular formula is C12H19NOS. The van der Waals surface area contributed by atoms with Crippen LogP contribution in [-0.2, 0) is 11.2 Å². The lowest BCUT2D eigenvalue weighted by atomic mass is 10.2. The first-order valence-corrected chi connectivity index (χ1v) is 6.33. The number of carbonyl (C=O) groups is 1. The normalized spacial score (nSPS) is 10.9. The largest absolute Gasteiger partial charge is 0.299 e. The summed E-state index contributed by atoms with van der Waals surface area (Å²) in [5, 5.41) is 2.09. The minimum atomic E-state index is 0.353. The Morgan fingerprint density at radius 2 is 2.33 bits per heavy atom. The Hall–Kier alpha value is -0.670. The molecule has 0 unspecified atom stereocenters. The van der Waals surface area contributed by atoms with Crippen LogP contribution in [0, 0.1) is 0 Å². The highest BCUT2D eigenvalue weighted by Crippen LogP contribution is 2.09. The van der Waals surface area contributed by atoms with Crippen LogP contribution in [0.4, 0.5) is 0 Å². The van der Waals surface area contributed by atoms with Crippen molar-refractivity contribution in [1.82, 2.24) is 4.90 Å². The van der Waals surface area contributed by atoms with Crippen LogP contribution in [0.2, 0.25) is 0 Å². The Morgan fingerprint density at radius 1 is 1.53 bits per heavy atom. The third-order valence-corrected chi connectivity index (χ3v) is 3.23. The maximum atomic E-state index is 11.4. The molecule has 0 amide bonds.